The quantitative estimate of drug-likeness (QED) is 0.343. The van der Waals surface area contributed by atoms with Crippen LogP contribution in [0.4, 0.5) is 19.3 Å². The summed E-state index contributed by atoms with van der Waals surface area (Å²) in [5.41, 5.74) is 0.201. The number of hydrogen-bond acceptors (Lipinski definition) is 4. The Morgan fingerprint density at radius 2 is 1.45 bits per heavy atom. The lowest BCUT2D eigenvalue weighted by atomic mass is 10.1. The van der Waals surface area contributed by atoms with Gasteiger partial charge in [0, 0.05) is 5.56 Å². The van der Waals surface area contributed by atoms with Crippen LogP contribution in [-0.4, -0.2) is 28.7 Å². The number of amides is 5. The molecule has 1 aliphatic heterocycles. The number of benzene rings is 3. The first-order valence-electron chi connectivity index (χ1n) is 8.87. The van der Waals surface area contributed by atoms with Gasteiger partial charge < -0.3 is 0 Å². The van der Waals surface area contributed by atoms with Gasteiger partial charge in [0.25, 0.3) is 5.91 Å². The smallest absolute Gasteiger partial charge is 0.268 e. The van der Waals surface area contributed by atoms with E-state index in [4.69, 9.17) is 11.6 Å². The molecular formula is C22H11ClF2N2O4. The second-order valence-corrected chi connectivity index (χ2v) is 6.90. The van der Waals surface area contributed by atoms with Crippen LogP contribution in [-0.2, 0) is 9.59 Å². The normalized spacial score (nSPS) is 13.8. The van der Waals surface area contributed by atoms with Crippen molar-refractivity contribution in [1.29, 1.82) is 0 Å². The summed E-state index contributed by atoms with van der Waals surface area (Å²) in [5.74, 6) is -6.99. The Hall–Kier alpha value is -3.91. The van der Waals surface area contributed by atoms with Gasteiger partial charge >= 0.3 is 17.8 Å². The molecule has 5 amide bonds. The van der Waals surface area contributed by atoms with Gasteiger partial charge in [0.2, 0.25) is 0 Å². The molecule has 0 aromatic heterocycles. The van der Waals surface area contributed by atoms with Gasteiger partial charge in [-0.25, -0.2) is 18.5 Å². The average Bonchev–Trinajstić information content (AvgIpc) is 2.96. The van der Waals surface area contributed by atoms with Crippen LogP contribution < -0.4 is 4.90 Å². The number of carbonyl (C=O) groups is 4. The number of hydrogen-bond donors (Lipinski definition) is 0. The lowest BCUT2D eigenvalue weighted by Crippen LogP contribution is -2.39. The van der Waals surface area contributed by atoms with Crippen molar-refractivity contribution < 1.29 is 28.0 Å². The standard InChI is InChI=1S/C22H11ClF2N2O4/c23-15-11-13(9-10-14(15)12-5-2-1-3-6-12)26-20(29)21(30)27(22(26)31)19(28)18-16(24)7-4-8-17(18)25/h1-11H. The van der Waals surface area contributed by atoms with Crippen LogP contribution >= 0.6 is 11.6 Å². The van der Waals surface area contributed by atoms with Gasteiger partial charge in [-0.1, -0.05) is 54.1 Å². The van der Waals surface area contributed by atoms with E-state index in [2.05, 4.69) is 0 Å². The summed E-state index contributed by atoms with van der Waals surface area (Å²) in [6, 6.07) is 14.5. The van der Waals surface area contributed by atoms with Crippen LogP contribution in [0.15, 0.2) is 66.7 Å². The predicted molar refractivity (Wildman–Crippen MR) is 107 cm³/mol. The molecule has 0 saturated carbocycles. The third kappa shape index (κ3) is 3.36. The van der Waals surface area contributed by atoms with Crippen molar-refractivity contribution in [3.05, 3.63) is 89.0 Å². The van der Waals surface area contributed by atoms with E-state index in [0.717, 1.165) is 23.8 Å². The zero-order valence-corrected chi connectivity index (χ0v) is 16.3. The molecule has 1 heterocycles. The summed E-state index contributed by atoms with van der Waals surface area (Å²) in [6.45, 7) is 0. The summed E-state index contributed by atoms with van der Waals surface area (Å²) in [6.07, 6.45) is 0. The molecule has 3 aromatic rings. The number of carbonyl (C=O) groups excluding carboxylic acids is 4. The van der Waals surface area contributed by atoms with Crippen molar-refractivity contribution >= 4 is 41.0 Å². The van der Waals surface area contributed by atoms with E-state index in [-0.39, 0.29) is 15.6 Å². The van der Waals surface area contributed by atoms with E-state index in [9.17, 15) is 28.0 Å². The van der Waals surface area contributed by atoms with Crippen LogP contribution in [0.1, 0.15) is 10.4 Å². The zero-order valence-electron chi connectivity index (χ0n) is 15.5. The van der Waals surface area contributed by atoms with Crippen LogP contribution in [0.25, 0.3) is 11.1 Å². The summed E-state index contributed by atoms with van der Waals surface area (Å²) < 4.78 is 27.9. The highest BCUT2D eigenvalue weighted by molar-refractivity contribution is 6.56. The van der Waals surface area contributed by atoms with Crippen molar-refractivity contribution in [2.24, 2.45) is 0 Å². The Labute approximate surface area is 179 Å². The van der Waals surface area contributed by atoms with E-state index < -0.39 is 41.0 Å². The van der Waals surface area contributed by atoms with Gasteiger partial charge in [-0.15, -0.1) is 0 Å². The number of anilines is 1. The van der Waals surface area contributed by atoms with Crippen molar-refractivity contribution in [3.8, 4) is 11.1 Å². The number of nitrogens with zero attached hydrogens (tertiary/aromatic N) is 2. The van der Waals surface area contributed by atoms with Crippen molar-refractivity contribution in [2.75, 3.05) is 4.90 Å². The van der Waals surface area contributed by atoms with E-state index >= 15 is 0 Å². The summed E-state index contributed by atoms with van der Waals surface area (Å²) in [5, 5.41) is 0.182. The Morgan fingerprint density at radius 1 is 0.806 bits per heavy atom. The maximum atomic E-state index is 14.0. The summed E-state index contributed by atoms with van der Waals surface area (Å²) in [7, 11) is 0. The minimum absolute atomic E-state index is 0.0719. The van der Waals surface area contributed by atoms with Crippen LogP contribution in [0.3, 0.4) is 0 Å². The molecular weight excluding hydrogens is 430 g/mol. The maximum Gasteiger partial charge on any atom is 0.346 e. The second kappa shape index (κ2) is 7.73. The van der Waals surface area contributed by atoms with Gasteiger partial charge in [-0.2, -0.15) is 4.90 Å². The van der Waals surface area contributed by atoms with Crippen LogP contribution in [0.5, 0.6) is 0 Å². The first-order chi connectivity index (χ1) is 14.8. The van der Waals surface area contributed by atoms with Gasteiger partial charge in [0.1, 0.15) is 17.2 Å². The molecule has 3 aromatic carbocycles. The minimum Gasteiger partial charge on any atom is -0.268 e. The Bertz CT molecular complexity index is 1240. The van der Waals surface area contributed by atoms with E-state index in [0.29, 0.717) is 10.5 Å². The minimum atomic E-state index is -1.58. The third-order valence-electron chi connectivity index (χ3n) is 4.65. The zero-order chi connectivity index (χ0) is 22.3. The second-order valence-electron chi connectivity index (χ2n) is 6.50. The molecule has 0 unspecified atom stereocenters. The number of imide groups is 4. The molecule has 9 heteroatoms. The highest BCUT2D eigenvalue weighted by Crippen LogP contribution is 2.33. The molecule has 0 spiro atoms. The predicted octanol–water partition coefficient (Wildman–Crippen LogP) is 4.42. The largest absolute Gasteiger partial charge is 0.346 e. The maximum absolute atomic E-state index is 14.0. The fraction of sp³-hybridized carbons (Fsp3) is 0. The Kier molecular flexibility index (Phi) is 5.08. The molecule has 1 saturated heterocycles. The number of urea groups is 1. The SMILES string of the molecule is O=C1C(=O)N(c2ccc(-c3ccccc3)c(Cl)c2)C(=O)N1C(=O)c1c(F)cccc1F. The lowest BCUT2D eigenvalue weighted by molar-refractivity contribution is -0.138. The highest BCUT2D eigenvalue weighted by Gasteiger charge is 2.50. The molecule has 1 aliphatic rings. The Morgan fingerprint density at radius 3 is 2.06 bits per heavy atom. The fourth-order valence-corrected chi connectivity index (χ4v) is 3.46. The Balaban J connectivity index is 1.71. The van der Waals surface area contributed by atoms with Crippen molar-refractivity contribution in [1.82, 2.24) is 4.90 Å². The molecule has 1 fully saturated rings. The molecule has 0 radical (unpaired) electrons. The fourth-order valence-electron chi connectivity index (χ4n) is 3.18. The van der Waals surface area contributed by atoms with Crippen molar-refractivity contribution in [3.63, 3.8) is 0 Å². The number of halogens is 3. The summed E-state index contributed by atoms with van der Waals surface area (Å²) >= 11 is 6.30. The van der Waals surface area contributed by atoms with Crippen LogP contribution in [0, 0.1) is 11.6 Å². The van der Waals surface area contributed by atoms with E-state index in [1.807, 2.05) is 6.07 Å². The molecule has 0 aliphatic carbocycles. The third-order valence-corrected chi connectivity index (χ3v) is 4.96. The van der Waals surface area contributed by atoms with Gasteiger partial charge in [0.05, 0.1) is 10.7 Å². The first kappa shape index (κ1) is 20.4. The molecule has 0 atom stereocenters. The first-order valence-corrected chi connectivity index (χ1v) is 9.25. The molecule has 0 bridgehead atoms. The monoisotopic (exact) mass is 440 g/mol. The topological polar surface area (TPSA) is 74.8 Å². The molecule has 0 N–H and O–H groups in total. The number of rotatable bonds is 3. The highest BCUT2D eigenvalue weighted by atomic mass is 35.5. The summed E-state index contributed by atoms with van der Waals surface area (Å²) in [4.78, 5) is 50.4. The van der Waals surface area contributed by atoms with Crippen molar-refractivity contribution in [2.45, 2.75) is 0 Å². The van der Waals surface area contributed by atoms with Crippen LogP contribution in [0.2, 0.25) is 5.02 Å². The van der Waals surface area contributed by atoms with Gasteiger partial charge in [-0.3, -0.25) is 14.4 Å². The molecule has 6 nitrogen and oxygen atoms in total. The van der Waals surface area contributed by atoms with E-state index in [1.165, 1.54) is 12.1 Å². The molecule has 154 valence electrons. The molecule has 4 rings (SSSR count). The average molecular weight is 441 g/mol. The lowest BCUT2D eigenvalue weighted by Gasteiger charge is -2.16. The van der Waals surface area contributed by atoms with Gasteiger partial charge in [0.15, 0.2) is 0 Å². The van der Waals surface area contributed by atoms with E-state index in [1.54, 1.807) is 30.3 Å². The molecule has 31 heavy (non-hydrogen) atoms. The van der Waals surface area contributed by atoms with Gasteiger partial charge in [-0.05, 0) is 29.8 Å².